The first kappa shape index (κ1) is 23.0. The molecule has 1 saturated carbocycles. The summed E-state index contributed by atoms with van der Waals surface area (Å²) in [6, 6.07) is 12.3. The fourth-order valence-corrected chi connectivity index (χ4v) is 5.51. The molecule has 0 unspecified atom stereocenters. The van der Waals surface area contributed by atoms with Crippen molar-refractivity contribution in [1.29, 1.82) is 0 Å². The second-order valence-electron chi connectivity index (χ2n) is 7.73. The van der Waals surface area contributed by atoms with Crippen LogP contribution in [-0.2, 0) is 15.3 Å². The van der Waals surface area contributed by atoms with E-state index in [1.807, 2.05) is 36.0 Å². The van der Waals surface area contributed by atoms with Gasteiger partial charge in [0.2, 0.25) is 5.76 Å². The third kappa shape index (κ3) is 5.61. The highest BCUT2D eigenvalue weighted by Gasteiger charge is 2.24. The molecule has 0 spiro atoms. The van der Waals surface area contributed by atoms with E-state index in [0.29, 0.717) is 32.3 Å². The number of esters is 1. The molecule has 1 N–H and O–H groups in total. The zero-order chi connectivity index (χ0) is 22.5. The Labute approximate surface area is 200 Å². The number of fused-ring (bicyclic) bond motifs is 1. The van der Waals surface area contributed by atoms with Crippen LogP contribution in [0.3, 0.4) is 0 Å². The lowest BCUT2D eigenvalue weighted by molar-refractivity contribution is -0.119. The first-order valence-electron chi connectivity index (χ1n) is 10.6. The van der Waals surface area contributed by atoms with Crippen LogP contribution in [0.15, 0.2) is 46.9 Å². The van der Waals surface area contributed by atoms with Gasteiger partial charge in [0.15, 0.2) is 6.61 Å². The van der Waals surface area contributed by atoms with Crippen LogP contribution >= 0.6 is 35.0 Å². The number of furan rings is 1. The highest BCUT2D eigenvalue weighted by Crippen LogP contribution is 2.35. The largest absolute Gasteiger partial charge is 0.450 e. The molecule has 168 valence electrons. The lowest BCUT2D eigenvalue weighted by Gasteiger charge is -2.20. The smallest absolute Gasteiger partial charge is 0.375 e. The van der Waals surface area contributed by atoms with Crippen LogP contribution in [0.1, 0.15) is 48.2 Å². The summed E-state index contributed by atoms with van der Waals surface area (Å²) in [5.41, 5.74) is 1.81. The van der Waals surface area contributed by atoms with E-state index in [4.69, 9.17) is 32.4 Å². The summed E-state index contributed by atoms with van der Waals surface area (Å²) >= 11 is 13.9. The second kappa shape index (κ2) is 10.6. The standard InChI is InChI=1S/C24H23Cl2NO4S/c25-15-10-11-19(26)20(12-15)27-22(28)13-30-24(29)23-18(14-32-16-6-2-1-3-7-16)17-8-4-5-9-21(17)31-23/h4-5,8-12,16H,1-3,6-7,13-14H2,(H,27,28). The van der Waals surface area contributed by atoms with Crippen molar-refractivity contribution in [2.24, 2.45) is 0 Å². The van der Waals surface area contributed by atoms with E-state index in [-0.39, 0.29) is 5.76 Å². The molecule has 0 radical (unpaired) electrons. The summed E-state index contributed by atoms with van der Waals surface area (Å²) in [7, 11) is 0. The monoisotopic (exact) mass is 491 g/mol. The van der Waals surface area contributed by atoms with Crippen molar-refractivity contribution in [3.63, 3.8) is 0 Å². The molecule has 3 aromatic rings. The van der Waals surface area contributed by atoms with Gasteiger partial charge in [-0.2, -0.15) is 11.8 Å². The molecule has 0 atom stereocenters. The van der Waals surface area contributed by atoms with Gasteiger partial charge in [-0.3, -0.25) is 4.79 Å². The molecule has 1 heterocycles. The Morgan fingerprint density at radius 2 is 1.88 bits per heavy atom. The highest BCUT2D eigenvalue weighted by molar-refractivity contribution is 7.99. The van der Waals surface area contributed by atoms with Gasteiger partial charge < -0.3 is 14.5 Å². The van der Waals surface area contributed by atoms with E-state index in [0.717, 1.165) is 10.9 Å². The van der Waals surface area contributed by atoms with Gasteiger partial charge in [-0.25, -0.2) is 4.79 Å². The lowest BCUT2D eigenvalue weighted by atomic mass is 10.0. The van der Waals surface area contributed by atoms with E-state index in [1.165, 1.54) is 38.2 Å². The number of carbonyl (C=O) groups excluding carboxylic acids is 2. The average Bonchev–Trinajstić information content (AvgIpc) is 3.18. The van der Waals surface area contributed by atoms with Gasteiger partial charge in [0.05, 0.1) is 10.7 Å². The van der Waals surface area contributed by atoms with Gasteiger partial charge in [0.25, 0.3) is 5.91 Å². The fourth-order valence-electron chi connectivity index (χ4n) is 3.82. The quantitative estimate of drug-likeness (QED) is 0.356. The molecule has 0 bridgehead atoms. The van der Waals surface area contributed by atoms with E-state index in [1.54, 1.807) is 12.1 Å². The Balaban J connectivity index is 1.44. The predicted molar refractivity (Wildman–Crippen MR) is 130 cm³/mol. The van der Waals surface area contributed by atoms with Crippen molar-refractivity contribution >= 4 is 63.5 Å². The Morgan fingerprint density at radius 3 is 2.69 bits per heavy atom. The molecule has 5 nitrogen and oxygen atoms in total. The summed E-state index contributed by atoms with van der Waals surface area (Å²) in [6.07, 6.45) is 6.21. The number of halogens is 2. The maximum Gasteiger partial charge on any atom is 0.375 e. The van der Waals surface area contributed by atoms with Crippen LogP contribution in [-0.4, -0.2) is 23.7 Å². The van der Waals surface area contributed by atoms with Crippen molar-refractivity contribution in [2.75, 3.05) is 11.9 Å². The zero-order valence-electron chi connectivity index (χ0n) is 17.4. The number of hydrogen-bond donors (Lipinski definition) is 1. The molecule has 0 aliphatic heterocycles. The third-order valence-corrected chi connectivity index (χ3v) is 7.40. The fraction of sp³-hybridized carbons (Fsp3) is 0.333. The summed E-state index contributed by atoms with van der Waals surface area (Å²) in [5.74, 6) is -0.358. The van der Waals surface area contributed by atoms with E-state index >= 15 is 0 Å². The SMILES string of the molecule is O=C(COC(=O)c1oc2ccccc2c1CSC1CCCCC1)Nc1cc(Cl)ccc1Cl. The average molecular weight is 492 g/mol. The minimum absolute atomic E-state index is 0.156. The van der Waals surface area contributed by atoms with Crippen LogP contribution in [0.25, 0.3) is 11.0 Å². The van der Waals surface area contributed by atoms with Crippen molar-refractivity contribution < 1.29 is 18.7 Å². The minimum Gasteiger partial charge on any atom is -0.450 e. The zero-order valence-corrected chi connectivity index (χ0v) is 19.7. The van der Waals surface area contributed by atoms with E-state index in [9.17, 15) is 9.59 Å². The molecular formula is C24H23Cl2NO4S. The Morgan fingerprint density at radius 1 is 1.09 bits per heavy atom. The van der Waals surface area contributed by atoms with Crippen LogP contribution in [0, 0.1) is 0 Å². The normalized spacial score (nSPS) is 14.4. The number of carbonyl (C=O) groups is 2. The van der Waals surface area contributed by atoms with Gasteiger partial charge in [-0.1, -0.05) is 60.7 Å². The maximum atomic E-state index is 12.8. The van der Waals surface area contributed by atoms with Gasteiger partial charge in [-0.05, 0) is 37.1 Å². The number of anilines is 1. The second-order valence-corrected chi connectivity index (χ2v) is 9.86. The number of ether oxygens (including phenoxy) is 1. The molecule has 1 aliphatic rings. The maximum absolute atomic E-state index is 12.8. The highest BCUT2D eigenvalue weighted by atomic mass is 35.5. The number of hydrogen-bond acceptors (Lipinski definition) is 5. The summed E-state index contributed by atoms with van der Waals surface area (Å²) in [6.45, 7) is -0.464. The molecule has 1 aromatic heterocycles. The number of thioether (sulfide) groups is 1. The Bertz CT molecular complexity index is 1120. The van der Waals surface area contributed by atoms with Gasteiger partial charge >= 0.3 is 5.97 Å². The number of para-hydroxylation sites is 1. The van der Waals surface area contributed by atoms with E-state index < -0.39 is 18.5 Å². The Kier molecular flexibility index (Phi) is 7.66. The molecule has 32 heavy (non-hydrogen) atoms. The number of amides is 1. The van der Waals surface area contributed by atoms with Crippen LogP contribution in [0.4, 0.5) is 5.69 Å². The first-order valence-corrected chi connectivity index (χ1v) is 12.4. The van der Waals surface area contributed by atoms with Gasteiger partial charge in [-0.15, -0.1) is 0 Å². The van der Waals surface area contributed by atoms with E-state index in [2.05, 4.69) is 5.32 Å². The van der Waals surface area contributed by atoms with Crippen LogP contribution in [0.5, 0.6) is 0 Å². The van der Waals surface area contributed by atoms with Gasteiger partial charge in [0, 0.05) is 27.0 Å². The topological polar surface area (TPSA) is 68.5 Å². The summed E-state index contributed by atoms with van der Waals surface area (Å²) in [5, 5.41) is 4.87. The molecule has 0 saturated heterocycles. The molecular weight excluding hydrogens is 469 g/mol. The van der Waals surface area contributed by atoms with Gasteiger partial charge in [0.1, 0.15) is 5.58 Å². The molecule has 1 fully saturated rings. The lowest BCUT2D eigenvalue weighted by Crippen LogP contribution is -2.21. The predicted octanol–water partition coefficient (Wildman–Crippen LogP) is 7.10. The van der Waals surface area contributed by atoms with Crippen molar-refractivity contribution in [1.82, 2.24) is 0 Å². The molecule has 4 rings (SSSR count). The van der Waals surface area contributed by atoms with Crippen LogP contribution < -0.4 is 5.32 Å². The van der Waals surface area contributed by atoms with Crippen molar-refractivity contribution in [2.45, 2.75) is 43.1 Å². The molecule has 1 aliphatic carbocycles. The molecule has 1 amide bonds. The molecule has 8 heteroatoms. The van der Waals surface area contributed by atoms with Crippen molar-refractivity contribution in [3.05, 3.63) is 63.8 Å². The number of nitrogens with one attached hydrogen (secondary N) is 1. The molecule has 2 aromatic carbocycles. The third-order valence-electron chi connectivity index (χ3n) is 5.44. The van der Waals surface area contributed by atoms with Crippen molar-refractivity contribution in [3.8, 4) is 0 Å². The minimum atomic E-state index is -0.659. The Hall–Kier alpha value is -2.15. The summed E-state index contributed by atoms with van der Waals surface area (Å²) < 4.78 is 11.1. The number of benzene rings is 2. The first-order chi connectivity index (χ1) is 15.5. The number of rotatable bonds is 7. The van der Waals surface area contributed by atoms with Crippen LogP contribution in [0.2, 0.25) is 10.0 Å². The summed E-state index contributed by atoms with van der Waals surface area (Å²) in [4.78, 5) is 25.1.